The number of pyridine rings is 1. The summed E-state index contributed by atoms with van der Waals surface area (Å²) >= 11 is 0. The number of sulfonamides is 1. The molecule has 2 aromatic carbocycles. The highest BCUT2D eigenvalue weighted by Crippen LogP contribution is 2.30. The SMILES string of the molecule is Cc1cnccc1-c1cccc(CNS(=O)(=O)c2cccc(C(F)(F)F)c2)c1. The van der Waals surface area contributed by atoms with E-state index in [2.05, 4.69) is 9.71 Å². The second-order valence-corrected chi connectivity index (χ2v) is 8.01. The van der Waals surface area contributed by atoms with E-state index in [9.17, 15) is 21.6 Å². The van der Waals surface area contributed by atoms with Crippen LogP contribution in [0.25, 0.3) is 11.1 Å². The Morgan fingerprint density at radius 3 is 2.50 bits per heavy atom. The lowest BCUT2D eigenvalue weighted by molar-refractivity contribution is -0.137. The Balaban J connectivity index is 1.81. The van der Waals surface area contributed by atoms with Gasteiger partial charge >= 0.3 is 6.18 Å². The van der Waals surface area contributed by atoms with Gasteiger partial charge in [-0.3, -0.25) is 4.98 Å². The molecule has 146 valence electrons. The number of alkyl halides is 3. The molecule has 0 bridgehead atoms. The van der Waals surface area contributed by atoms with Gasteiger partial charge in [-0.2, -0.15) is 13.2 Å². The van der Waals surface area contributed by atoms with Crippen LogP contribution < -0.4 is 4.72 Å². The zero-order valence-electron chi connectivity index (χ0n) is 14.9. The maximum Gasteiger partial charge on any atom is 0.416 e. The van der Waals surface area contributed by atoms with Gasteiger partial charge in [0.1, 0.15) is 0 Å². The number of nitrogens with zero attached hydrogens (tertiary/aromatic N) is 1. The van der Waals surface area contributed by atoms with Crippen LogP contribution in [0.2, 0.25) is 0 Å². The molecule has 0 atom stereocenters. The Labute approximate surface area is 161 Å². The van der Waals surface area contributed by atoms with Crippen molar-refractivity contribution in [3.8, 4) is 11.1 Å². The van der Waals surface area contributed by atoms with Gasteiger partial charge in [-0.15, -0.1) is 0 Å². The molecule has 0 unspecified atom stereocenters. The minimum absolute atomic E-state index is 0.0451. The van der Waals surface area contributed by atoms with Gasteiger partial charge in [-0.25, -0.2) is 13.1 Å². The summed E-state index contributed by atoms with van der Waals surface area (Å²) in [4.78, 5) is 3.62. The molecule has 3 rings (SSSR count). The van der Waals surface area contributed by atoms with Crippen molar-refractivity contribution in [3.63, 3.8) is 0 Å². The van der Waals surface area contributed by atoms with E-state index in [4.69, 9.17) is 0 Å². The van der Waals surface area contributed by atoms with Crippen LogP contribution in [0.3, 0.4) is 0 Å². The Bertz CT molecular complexity index is 1100. The molecular formula is C20H17F3N2O2S. The van der Waals surface area contributed by atoms with Crippen molar-refractivity contribution in [3.05, 3.63) is 83.7 Å². The molecule has 0 radical (unpaired) electrons. The summed E-state index contributed by atoms with van der Waals surface area (Å²) in [5, 5.41) is 0. The molecule has 1 N–H and O–H groups in total. The highest BCUT2D eigenvalue weighted by molar-refractivity contribution is 7.89. The van der Waals surface area contributed by atoms with Gasteiger partial charge in [0.05, 0.1) is 10.5 Å². The van der Waals surface area contributed by atoms with Crippen molar-refractivity contribution >= 4 is 10.0 Å². The van der Waals surface area contributed by atoms with Gasteiger partial charge in [0.25, 0.3) is 0 Å². The molecule has 1 heterocycles. The second-order valence-electron chi connectivity index (χ2n) is 6.24. The third-order valence-corrected chi connectivity index (χ3v) is 5.60. The number of nitrogens with one attached hydrogen (secondary N) is 1. The fourth-order valence-corrected chi connectivity index (χ4v) is 3.81. The van der Waals surface area contributed by atoms with E-state index in [0.29, 0.717) is 11.6 Å². The minimum atomic E-state index is -4.61. The smallest absolute Gasteiger partial charge is 0.264 e. The molecule has 0 saturated heterocycles. The first-order valence-electron chi connectivity index (χ1n) is 8.34. The number of aromatic nitrogens is 1. The number of hydrogen-bond donors (Lipinski definition) is 1. The molecular weight excluding hydrogens is 389 g/mol. The maximum atomic E-state index is 12.8. The van der Waals surface area contributed by atoms with Gasteiger partial charge in [0, 0.05) is 18.9 Å². The van der Waals surface area contributed by atoms with E-state index in [1.165, 1.54) is 0 Å². The monoisotopic (exact) mass is 406 g/mol. The van der Waals surface area contributed by atoms with Gasteiger partial charge in [-0.1, -0.05) is 24.3 Å². The summed E-state index contributed by atoms with van der Waals surface area (Å²) in [6.45, 7) is 1.88. The van der Waals surface area contributed by atoms with Gasteiger partial charge < -0.3 is 0 Å². The molecule has 0 amide bonds. The lowest BCUT2D eigenvalue weighted by Crippen LogP contribution is -2.23. The van der Waals surface area contributed by atoms with Crippen molar-refractivity contribution in [2.45, 2.75) is 24.5 Å². The summed E-state index contributed by atoms with van der Waals surface area (Å²) in [5.41, 5.74) is 2.52. The zero-order valence-corrected chi connectivity index (χ0v) is 15.7. The van der Waals surface area contributed by atoms with Crippen LogP contribution in [0.5, 0.6) is 0 Å². The molecule has 0 aliphatic carbocycles. The Morgan fingerprint density at radius 1 is 1.04 bits per heavy atom. The van der Waals surface area contributed by atoms with Gasteiger partial charge in [-0.05, 0) is 59.5 Å². The predicted molar refractivity (Wildman–Crippen MR) is 99.9 cm³/mol. The number of hydrogen-bond acceptors (Lipinski definition) is 3. The quantitative estimate of drug-likeness (QED) is 0.676. The Kier molecular flexibility index (Phi) is 5.53. The molecule has 0 spiro atoms. The van der Waals surface area contributed by atoms with Crippen molar-refractivity contribution < 1.29 is 21.6 Å². The van der Waals surface area contributed by atoms with E-state index in [1.54, 1.807) is 24.5 Å². The maximum absolute atomic E-state index is 12.8. The number of aryl methyl sites for hydroxylation is 1. The van der Waals surface area contributed by atoms with E-state index < -0.39 is 26.7 Å². The number of rotatable bonds is 5. The first-order valence-corrected chi connectivity index (χ1v) is 9.82. The molecule has 0 aliphatic rings. The van der Waals surface area contributed by atoms with Crippen LogP contribution in [0.1, 0.15) is 16.7 Å². The summed E-state index contributed by atoms with van der Waals surface area (Å²) in [6.07, 6.45) is -1.20. The third-order valence-electron chi connectivity index (χ3n) is 4.20. The molecule has 0 saturated carbocycles. The third kappa shape index (κ3) is 4.58. The molecule has 0 aliphatic heterocycles. The standard InChI is InChI=1S/C20H17F3N2O2S/c1-14-12-24-9-8-19(14)16-5-2-4-15(10-16)13-25-28(26,27)18-7-3-6-17(11-18)20(21,22)23/h2-12,25H,13H2,1H3. The summed E-state index contributed by atoms with van der Waals surface area (Å²) < 4.78 is 65.6. The second kappa shape index (κ2) is 7.73. The molecule has 0 fully saturated rings. The first-order chi connectivity index (χ1) is 13.2. The zero-order chi connectivity index (χ0) is 20.4. The summed E-state index contributed by atoms with van der Waals surface area (Å²) in [5.74, 6) is 0. The summed E-state index contributed by atoms with van der Waals surface area (Å²) in [7, 11) is -4.09. The van der Waals surface area contributed by atoms with Crippen molar-refractivity contribution in [1.29, 1.82) is 0 Å². The largest absolute Gasteiger partial charge is 0.416 e. The topological polar surface area (TPSA) is 59.1 Å². The van der Waals surface area contributed by atoms with Crippen LogP contribution in [-0.4, -0.2) is 13.4 Å². The van der Waals surface area contributed by atoms with Crippen LogP contribution in [0.15, 0.2) is 71.9 Å². The minimum Gasteiger partial charge on any atom is -0.264 e. The van der Waals surface area contributed by atoms with Crippen LogP contribution in [0.4, 0.5) is 13.2 Å². The first kappa shape index (κ1) is 20.0. The summed E-state index contributed by atoms with van der Waals surface area (Å²) in [6, 6.07) is 12.8. The van der Waals surface area contributed by atoms with Gasteiger partial charge in [0.15, 0.2) is 0 Å². The van der Waals surface area contributed by atoms with E-state index in [-0.39, 0.29) is 6.54 Å². The van der Waals surface area contributed by atoms with Crippen molar-refractivity contribution in [2.24, 2.45) is 0 Å². The fraction of sp³-hybridized carbons (Fsp3) is 0.150. The number of benzene rings is 2. The average Bonchev–Trinajstić information content (AvgIpc) is 2.66. The lowest BCUT2D eigenvalue weighted by Gasteiger charge is -2.11. The van der Waals surface area contributed by atoms with Crippen LogP contribution >= 0.6 is 0 Å². The van der Waals surface area contributed by atoms with Crippen molar-refractivity contribution in [2.75, 3.05) is 0 Å². The molecule has 4 nitrogen and oxygen atoms in total. The fourth-order valence-electron chi connectivity index (χ4n) is 2.75. The van der Waals surface area contributed by atoms with Gasteiger partial charge in [0.2, 0.25) is 10.0 Å². The Morgan fingerprint density at radius 2 is 1.79 bits per heavy atom. The van der Waals surface area contributed by atoms with E-state index in [0.717, 1.165) is 34.9 Å². The average molecular weight is 406 g/mol. The normalized spacial score (nSPS) is 12.1. The molecule has 3 aromatic rings. The number of halogens is 3. The highest BCUT2D eigenvalue weighted by atomic mass is 32.2. The lowest BCUT2D eigenvalue weighted by atomic mass is 10.0. The van der Waals surface area contributed by atoms with Crippen LogP contribution in [0, 0.1) is 6.92 Å². The molecule has 28 heavy (non-hydrogen) atoms. The predicted octanol–water partition coefficient (Wildman–Crippen LogP) is 4.55. The van der Waals surface area contributed by atoms with E-state index >= 15 is 0 Å². The Hall–Kier alpha value is -2.71. The van der Waals surface area contributed by atoms with Crippen LogP contribution in [-0.2, 0) is 22.7 Å². The van der Waals surface area contributed by atoms with E-state index in [1.807, 2.05) is 25.1 Å². The molecule has 1 aromatic heterocycles. The van der Waals surface area contributed by atoms with Crippen molar-refractivity contribution in [1.82, 2.24) is 9.71 Å². The molecule has 8 heteroatoms. The highest BCUT2D eigenvalue weighted by Gasteiger charge is 2.31.